The van der Waals surface area contributed by atoms with Crippen LogP contribution in [0.1, 0.15) is 16.7 Å². The van der Waals surface area contributed by atoms with Crippen molar-refractivity contribution >= 4 is 11.5 Å². The van der Waals surface area contributed by atoms with Crippen LogP contribution in [0, 0.1) is 0 Å². The molecule has 0 bridgehead atoms. The fraction of sp³-hybridized carbons (Fsp3) is 0.143. The average Bonchev–Trinajstić information content (AvgIpc) is 2.77. The smallest absolute Gasteiger partial charge is 0.149 e. The van der Waals surface area contributed by atoms with Crippen molar-refractivity contribution in [1.29, 1.82) is 0 Å². The van der Waals surface area contributed by atoms with E-state index in [1.54, 1.807) is 12.1 Å². The lowest BCUT2D eigenvalue weighted by Gasteiger charge is -2.01. The normalized spacial score (nSPS) is 13.1. The van der Waals surface area contributed by atoms with Gasteiger partial charge in [-0.15, -0.1) is 5.10 Å². The first kappa shape index (κ1) is 7.45. The third-order valence-corrected chi connectivity index (χ3v) is 2.18. The number of hydrogen-bond donors (Lipinski definition) is 1. The Morgan fingerprint density at radius 3 is 3.08 bits per heavy atom. The Morgan fingerprint density at radius 1 is 1.58 bits per heavy atom. The number of rotatable bonds is 2. The van der Waals surface area contributed by atoms with Gasteiger partial charge in [-0.25, -0.2) is 0 Å². The van der Waals surface area contributed by atoms with Gasteiger partial charge in [0.15, 0.2) is 0 Å². The Labute approximate surface area is 72.6 Å². The molecule has 1 unspecified atom stereocenters. The minimum absolute atomic E-state index is 0.515. The monoisotopic (exact) mass is 182 g/mol. The van der Waals surface area contributed by atoms with Gasteiger partial charge in [-0.05, 0) is 23.7 Å². The van der Waals surface area contributed by atoms with Crippen molar-refractivity contribution in [1.82, 2.24) is 9.59 Å². The van der Waals surface area contributed by atoms with E-state index in [1.165, 1.54) is 12.5 Å². The highest BCUT2D eigenvalue weighted by Gasteiger charge is 2.14. The van der Waals surface area contributed by atoms with Gasteiger partial charge >= 0.3 is 0 Å². The molecule has 2 rings (SSSR count). The predicted octanol–water partition coefficient (Wildman–Crippen LogP) is 1.21. The van der Waals surface area contributed by atoms with Crippen LogP contribution < -0.4 is 0 Å². The first-order chi connectivity index (χ1) is 5.88. The summed E-state index contributed by atoms with van der Waals surface area (Å²) in [6.07, 6.45) is 2.31. The van der Waals surface area contributed by atoms with Crippen LogP contribution in [0.25, 0.3) is 0 Å². The predicted molar refractivity (Wildman–Crippen MR) is 42.7 cm³/mol. The minimum atomic E-state index is -0.736. The second-order valence-electron chi connectivity index (χ2n) is 2.24. The molecule has 0 saturated carbocycles. The third kappa shape index (κ3) is 1.24. The zero-order valence-electron chi connectivity index (χ0n) is 6.04. The van der Waals surface area contributed by atoms with Gasteiger partial charge in [0.1, 0.15) is 11.9 Å². The van der Waals surface area contributed by atoms with Crippen molar-refractivity contribution < 1.29 is 9.52 Å². The van der Waals surface area contributed by atoms with Crippen molar-refractivity contribution in [3.05, 3.63) is 35.2 Å². The summed E-state index contributed by atoms with van der Waals surface area (Å²) in [5, 5.41) is 13.2. The molecule has 0 saturated heterocycles. The van der Waals surface area contributed by atoms with Crippen molar-refractivity contribution in [3.63, 3.8) is 0 Å². The zero-order valence-corrected chi connectivity index (χ0v) is 6.86. The summed E-state index contributed by atoms with van der Waals surface area (Å²) in [7, 11) is 0. The van der Waals surface area contributed by atoms with Crippen LogP contribution in [0.4, 0.5) is 0 Å². The number of aliphatic hydroxyl groups excluding tert-OH is 1. The van der Waals surface area contributed by atoms with Gasteiger partial charge in [0.2, 0.25) is 0 Å². The quantitative estimate of drug-likeness (QED) is 0.758. The molecule has 2 heterocycles. The van der Waals surface area contributed by atoms with Crippen molar-refractivity contribution in [3.8, 4) is 0 Å². The summed E-state index contributed by atoms with van der Waals surface area (Å²) in [4.78, 5) is 0.685. The van der Waals surface area contributed by atoms with Crippen LogP contribution in [0.2, 0.25) is 0 Å². The van der Waals surface area contributed by atoms with Crippen LogP contribution in [-0.2, 0) is 0 Å². The lowest BCUT2D eigenvalue weighted by atomic mass is 10.2. The van der Waals surface area contributed by atoms with Crippen LogP contribution >= 0.6 is 11.5 Å². The second-order valence-corrected chi connectivity index (χ2v) is 3.06. The van der Waals surface area contributed by atoms with Gasteiger partial charge < -0.3 is 9.52 Å². The molecule has 2 aromatic heterocycles. The summed E-state index contributed by atoms with van der Waals surface area (Å²) < 4.78 is 8.66. The van der Waals surface area contributed by atoms with Crippen molar-refractivity contribution in [2.24, 2.45) is 0 Å². The molecule has 0 fully saturated rings. The van der Waals surface area contributed by atoms with Gasteiger partial charge in [0.25, 0.3) is 0 Å². The molecule has 1 N–H and O–H groups in total. The standard InChI is InChI=1S/C7H6N2O2S/c10-7(5-2-1-3-11-5)6-4-8-9-12-6/h1-4,7,10H. The lowest BCUT2D eigenvalue weighted by molar-refractivity contribution is 0.192. The van der Waals surface area contributed by atoms with Crippen molar-refractivity contribution in [2.75, 3.05) is 0 Å². The first-order valence-electron chi connectivity index (χ1n) is 3.36. The Kier molecular flexibility index (Phi) is 1.89. The van der Waals surface area contributed by atoms with E-state index >= 15 is 0 Å². The van der Waals surface area contributed by atoms with Crippen LogP contribution in [0.15, 0.2) is 29.0 Å². The Hall–Kier alpha value is -1.20. The van der Waals surface area contributed by atoms with E-state index in [-0.39, 0.29) is 0 Å². The number of aliphatic hydroxyl groups is 1. The van der Waals surface area contributed by atoms with Gasteiger partial charge in [-0.3, -0.25) is 0 Å². The molecule has 4 nitrogen and oxygen atoms in total. The van der Waals surface area contributed by atoms with E-state index < -0.39 is 6.10 Å². The summed E-state index contributed by atoms with van der Waals surface area (Å²) in [5.74, 6) is 0.515. The van der Waals surface area contributed by atoms with E-state index in [2.05, 4.69) is 9.59 Å². The Bertz CT molecular complexity index is 296. The lowest BCUT2D eigenvalue weighted by Crippen LogP contribution is -1.93. The molecule has 12 heavy (non-hydrogen) atoms. The molecule has 5 heteroatoms. The maximum absolute atomic E-state index is 9.61. The highest BCUT2D eigenvalue weighted by Crippen LogP contribution is 2.23. The van der Waals surface area contributed by atoms with Crippen LogP contribution in [0.3, 0.4) is 0 Å². The SMILES string of the molecule is OC(c1ccco1)c1cnns1. The minimum Gasteiger partial charge on any atom is -0.466 e. The average molecular weight is 182 g/mol. The molecular formula is C7H6N2O2S. The topological polar surface area (TPSA) is 59.2 Å². The largest absolute Gasteiger partial charge is 0.466 e. The number of hydrogen-bond acceptors (Lipinski definition) is 5. The first-order valence-corrected chi connectivity index (χ1v) is 4.14. The molecule has 1 atom stereocenters. The van der Waals surface area contributed by atoms with Gasteiger partial charge in [0, 0.05) is 0 Å². The summed E-state index contributed by atoms with van der Waals surface area (Å²) in [5.41, 5.74) is 0. The van der Waals surface area contributed by atoms with E-state index in [1.807, 2.05) is 0 Å². The van der Waals surface area contributed by atoms with Gasteiger partial charge in [-0.1, -0.05) is 4.49 Å². The summed E-state index contributed by atoms with van der Waals surface area (Å²) in [6, 6.07) is 3.44. The highest BCUT2D eigenvalue weighted by atomic mass is 32.1. The molecule has 2 aromatic rings. The Balaban J connectivity index is 2.27. The van der Waals surface area contributed by atoms with E-state index in [0.717, 1.165) is 11.5 Å². The fourth-order valence-electron chi connectivity index (χ4n) is 0.882. The number of aromatic nitrogens is 2. The van der Waals surface area contributed by atoms with Gasteiger partial charge in [0.05, 0.1) is 17.3 Å². The molecule has 0 aliphatic carbocycles. The molecule has 0 radical (unpaired) electrons. The molecule has 0 aliphatic heterocycles. The van der Waals surface area contributed by atoms with Crippen LogP contribution in [-0.4, -0.2) is 14.7 Å². The Morgan fingerprint density at radius 2 is 2.50 bits per heavy atom. The third-order valence-electron chi connectivity index (χ3n) is 1.46. The zero-order chi connectivity index (χ0) is 8.39. The maximum Gasteiger partial charge on any atom is 0.149 e. The number of nitrogens with zero attached hydrogens (tertiary/aromatic N) is 2. The van der Waals surface area contributed by atoms with Crippen LogP contribution in [0.5, 0.6) is 0 Å². The second kappa shape index (κ2) is 3.04. The van der Waals surface area contributed by atoms with E-state index in [4.69, 9.17) is 4.42 Å². The molecule has 62 valence electrons. The molecular weight excluding hydrogens is 176 g/mol. The molecule has 0 spiro atoms. The summed E-state index contributed by atoms with van der Waals surface area (Å²) >= 11 is 1.16. The number of furan rings is 1. The van der Waals surface area contributed by atoms with E-state index in [0.29, 0.717) is 10.6 Å². The van der Waals surface area contributed by atoms with Crippen molar-refractivity contribution in [2.45, 2.75) is 6.10 Å². The molecule has 0 aliphatic rings. The highest BCUT2D eigenvalue weighted by molar-refractivity contribution is 7.05. The molecule has 0 aromatic carbocycles. The van der Waals surface area contributed by atoms with E-state index in [9.17, 15) is 5.11 Å². The maximum atomic E-state index is 9.61. The van der Waals surface area contributed by atoms with Gasteiger partial charge in [-0.2, -0.15) is 0 Å². The fourth-order valence-corrected chi connectivity index (χ4v) is 1.38. The summed E-state index contributed by atoms with van der Waals surface area (Å²) in [6.45, 7) is 0. The molecule has 0 amide bonds.